The average Bonchev–Trinajstić information content (AvgIpc) is 3.74. The quantitative estimate of drug-likeness (QED) is 0.185. The molecule has 4 nitrogen and oxygen atoms in total. The summed E-state index contributed by atoms with van der Waals surface area (Å²) in [4.78, 5) is 10.6. The van der Waals surface area contributed by atoms with Crippen LogP contribution in [0, 0.1) is 0 Å². The highest BCUT2D eigenvalue weighted by Crippen LogP contribution is 2.42. The highest BCUT2D eigenvalue weighted by atomic mass is 28.3. The molecule has 3 aromatic heterocycles. The fourth-order valence-electron chi connectivity index (χ4n) is 7.79. The third kappa shape index (κ3) is 3.69. The van der Waals surface area contributed by atoms with Crippen LogP contribution in [0.5, 0.6) is 0 Å². The molecule has 0 atom stereocenters. The topological polar surface area (TPSA) is 43.9 Å². The number of nitrogens with zero attached hydrogens (tertiary/aromatic N) is 3. The van der Waals surface area contributed by atoms with E-state index in [0.29, 0.717) is 0 Å². The van der Waals surface area contributed by atoms with Crippen molar-refractivity contribution >= 4 is 62.3 Å². The fourth-order valence-corrected chi connectivity index (χ4v) is 10.7. The summed E-state index contributed by atoms with van der Waals surface area (Å²) in [6, 6.07) is 49.5. The van der Waals surface area contributed by atoms with Gasteiger partial charge in [-0.1, -0.05) is 116 Å². The maximum atomic E-state index is 6.29. The molecule has 0 spiro atoms. The van der Waals surface area contributed by atoms with Gasteiger partial charge in [0, 0.05) is 49.2 Å². The van der Waals surface area contributed by atoms with Crippen LogP contribution < -0.4 is 10.5 Å². The molecule has 1 aliphatic heterocycles. The van der Waals surface area contributed by atoms with Gasteiger partial charge < -0.3 is 8.98 Å². The van der Waals surface area contributed by atoms with Crippen molar-refractivity contribution in [2.75, 3.05) is 0 Å². The number of rotatable bonds is 3. The van der Waals surface area contributed by atoms with E-state index in [2.05, 4.69) is 139 Å². The first-order chi connectivity index (χ1) is 23.1. The Kier molecular flexibility index (Phi) is 5.41. The van der Waals surface area contributed by atoms with Gasteiger partial charge in [0.15, 0.2) is 5.82 Å². The summed E-state index contributed by atoms with van der Waals surface area (Å²) in [6.07, 6.45) is 0. The zero-order valence-corrected chi connectivity index (χ0v) is 27.0. The van der Waals surface area contributed by atoms with Crippen molar-refractivity contribution in [1.29, 1.82) is 0 Å². The molecule has 0 aliphatic carbocycles. The minimum atomic E-state index is -2.02. The standard InChI is InChI=1S/C42H29N3OSi/c1-47(2)36-19-11-8-16-31(36)39-40(43-41(44-42(39)47)27-12-4-3-5-13-27)26-20-22-28(23-21-26)45-32-17-9-6-14-29(32)37-33(45)24-25-35-38(37)30-15-7-10-18-34(30)46-35/h3-25H,1-2H3. The van der Waals surface area contributed by atoms with E-state index in [4.69, 9.17) is 14.4 Å². The molecule has 222 valence electrons. The third-order valence-electron chi connectivity index (χ3n) is 9.98. The molecule has 6 aromatic carbocycles. The smallest absolute Gasteiger partial charge is 0.159 e. The van der Waals surface area contributed by atoms with Crippen molar-refractivity contribution in [1.82, 2.24) is 14.5 Å². The molecular formula is C42H29N3OSi. The van der Waals surface area contributed by atoms with Gasteiger partial charge in [0.05, 0.1) is 16.7 Å². The van der Waals surface area contributed by atoms with Crippen LogP contribution >= 0.6 is 0 Å². The van der Waals surface area contributed by atoms with Crippen molar-refractivity contribution in [2.24, 2.45) is 0 Å². The van der Waals surface area contributed by atoms with Gasteiger partial charge in [-0.25, -0.2) is 9.97 Å². The molecule has 5 heteroatoms. The Morgan fingerprint density at radius 3 is 2.13 bits per heavy atom. The van der Waals surface area contributed by atoms with Crippen molar-refractivity contribution in [2.45, 2.75) is 13.1 Å². The molecule has 0 amide bonds. The normalized spacial score (nSPS) is 13.5. The maximum absolute atomic E-state index is 6.29. The number of para-hydroxylation sites is 2. The van der Waals surface area contributed by atoms with Crippen LogP contribution in [0.2, 0.25) is 13.1 Å². The van der Waals surface area contributed by atoms with Crippen LogP contribution in [-0.2, 0) is 0 Å². The van der Waals surface area contributed by atoms with Crippen LogP contribution in [0.1, 0.15) is 0 Å². The van der Waals surface area contributed by atoms with Gasteiger partial charge in [0.1, 0.15) is 19.2 Å². The summed E-state index contributed by atoms with van der Waals surface area (Å²) in [5.74, 6) is 0.788. The van der Waals surface area contributed by atoms with E-state index >= 15 is 0 Å². The van der Waals surface area contributed by atoms with Gasteiger partial charge in [0.25, 0.3) is 0 Å². The molecule has 0 saturated heterocycles. The van der Waals surface area contributed by atoms with Crippen molar-refractivity contribution in [3.63, 3.8) is 0 Å². The van der Waals surface area contributed by atoms with Gasteiger partial charge in [-0.3, -0.25) is 0 Å². The minimum absolute atomic E-state index is 0.788. The van der Waals surface area contributed by atoms with Crippen molar-refractivity contribution < 1.29 is 4.42 Å². The molecule has 1 aliphatic rings. The first kappa shape index (κ1) is 26.4. The number of fused-ring (bicyclic) bond motifs is 10. The minimum Gasteiger partial charge on any atom is -0.456 e. The molecule has 0 fully saturated rings. The number of furan rings is 1. The molecule has 0 radical (unpaired) electrons. The van der Waals surface area contributed by atoms with Gasteiger partial charge >= 0.3 is 0 Å². The Labute approximate surface area is 272 Å². The molecule has 47 heavy (non-hydrogen) atoms. The third-order valence-corrected chi connectivity index (χ3v) is 13.3. The molecule has 0 bridgehead atoms. The van der Waals surface area contributed by atoms with Crippen molar-refractivity contribution in [3.05, 3.63) is 140 Å². The van der Waals surface area contributed by atoms with E-state index in [-0.39, 0.29) is 0 Å². The Hall–Kier alpha value is -5.78. The van der Waals surface area contributed by atoms with E-state index in [1.54, 1.807) is 0 Å². The van der Waals surface area contributed by atoms with Crippen LogP contribution in [0.25, 0.3) is 83.2 Å². The summed E-state index contributed by atoms with van der Waals surface area (Å²) in [6.45, 7) is 4.82. The molecule has 4 heterocycles. The molecule has 0 saturated carbocycles. The first-order valence-corrected chi connectivity index (χ1v) is 19.1. The van der Waals surface area contributed by atoms with Gasteiger partial charge in [-0.2, -0.15) is 0 Å². The maximum Gasteiger partial charge on any atom is 0.159 e. The number of hydrogen-bond donors (Lipinski definition) is 0. The van der Waals surface area contributed by atoms with Crippen LogP contribution in [0.4, 0.5) is 0 Å². The summed E-state index contributed by atoms with van der Waals surface area (Å²) in [5, 5.41) is 7.39. The monoisotopic (exact) mass is 619 g/mol. The average molecular weight is 620 g/mol. The largest absolute Gasteiger partial charge is 0.456 e. The summed E-state index contributed by atoms with van der Waals surface area (Å²) < 4.78 is 8.66. The molecule has 10 rings (SSSR count). The number of hydrogen-bond acceptors (Lipinski definition) is 3. The highest BCUT2D eigenvalue weighted by Gasteiger charge is 2.41. The fraction of sp³-hybridized carbons (Fsp3) is 0.0476. The summed E-state index contributed by atoms with van der Waals surface area (Å²) in [7, 11) is -2.02. The lowest BCUT2D eigenvalue weighted by molar-refractivity contribution is 0.669. The van der Waals surface area contributed by atoms with Crippen molar-refractivity contribution in [3.8, 4) is 39.5 Å². The van der Waals surface area contributed by atoms with Crippen LogP contribution in [0.15, 0.2) is 144 Å². The Morgan fingerprint density at radius 2 is 1.28 bits per heavy atom. The van der Waals surface area contributed by atoms with Crippen LogP contribution in [0.3, 0.4) is 0 Å². The second kappa shape index (κ2) is 9.61. The zero-order valence-electron chi connectivity index (χ0n) is 26.0. The Bertz CT molecular complexity index is 2700. The van der Waals surface area contributed by atoms with Crippen LogP contribution in [-0.4, -0.2) is 22.6 Å². The van der Waals surface area contributed by atoms with E-state index in [9.17, 15) is 0 Å². The lowest BCUT2D eigenvalue weighted by Crippen LogP contribution is -2.50. The SMILES string of the molecule is C[Si]1(C)c2ccccc2-c2c(-c3ccc(-n4c5ccccc5c5c6c(ccc54)oc4ccccc46)cc3)nc(-c3ccccc3)nc21. The molecule has 0 unspecified atom stereocenters. The first-order valence-electron chi connectivity index (χ1n) is 16.1. The lowest BCUT2D eigenvalue weighted by atomic mass is 10.00. The second-order valence-corrected chi connectivity index (χ2v) is 17.2. The lowest BCUT2D eigenvalue weighted by Gasteiger charge is -2.19. The van der Waals surface area contributed by atoms with E-state index in [0.717, 1.165) is 50.4 Å². The summed E-state index contributed by atoms with van der Waals surface area (Å²) in [5.41, 5.74) is 10.9. The number of aromatic nitrogens is 3. The second-order valence-electron chi connectivity index (χ2n) is 13.0. The predicted octanol–water partition coefficient (Wildman–Crippen LogP) is 9.61. The highest BCUT2D eigenvalue weighted by molar-refractivity contribution is 7.03. The Balaban J connectivity index is 1.20. The Morgan fingerprint density at radius 1 is 0.553 bits per heavy atom. The van der Waals surface area contributed by atoms with E-state index in [1.165, 1.54) is 43.3 Å². The molecule has 9 aromatic rings. The van der Waals surface area contributed by atoms with Gasteiger partial charge in [-0.15, -0.1) is 0 Å². The summed E-state index contributed by atoms with van der Waals surface area (Å²) >= 11 is 0. The predicted molar refractivity (Wildman–Crippen MR) is 197 cm³/mol. The van der Waals surface area contributed by atoms with Gasteiger partial charge in [-0.05, 0) is 47.1 Å². The molecular weight excluding hydrogens is 591 g/mol. The molecule has 0 N–H and O–H groups in total. The van der Waals surface area contributed by atoms with Gasteiger partial charge in [0.2, 0.25) is 0 Å². The van der Waals surface area contributed by atoms with E-state index in [1.807, 2.05) is 18.2 Å². The number of benzene rings is 6. The zero-order chi connectivity index (χ0) is 31.3. The van der Waals surface area contributed by atoms with E-state index < -0.39 is 8.07 Å².